The molecular weight excluding hydrogens is 396 g/mol. The highest BCUT2D eigenvalue weighted by molar-refractivity contribution is 7.71. The van der Waals surface area contributed by atoms with E-state index in [-0.39, 0.29) is 6.61 Å². The summed E-state index contributed by atoms with van der Waals surface area (Å²) in [5.41, 5.74) is 4.56. The maximum Gasteiger partial charge on any atom is 0.216 e. The van der Waals surface area contributed by atoms with E-state index >= 15 is 0 Å². The number of hydrogen-bond donors (Lipinski definition) is 1. The third kappa shape index (κ3) is 4.28. The molecule has 152 valence electrons. The Morgan fingerprint density at radius 1 is 1.20 bits per heavy atom. The highest BCUT2D eigenvalue weighted by atomic mass is 32.1. The predicted octanol–water partition coefficient (Wildman–Crippen LogP) is 4.78. The average Bonchev–Trinajstić information content (AvgIpc) is 3.09. The van der Waals surface area contributed by atoms with Crippen LogP contribution in [0.25, 0.3) is 11.0 Å². The van der Waals surface area contributed by atoms with Crippen LogP contribution >= 0.6 is 12.2 Å². The van der Waals surface area contributed by atoms with E-state index in [0.717, 1.165) is 27.9 Å². The van der Waals surface area contributed by atoms with Crippen LogP contribution in [0.2, 0.25) is 0 Å². The van der Waals surface area contributed by atoms with Crippen molar-refractivity contribution in [1.82, 2.24) is 24.8 Å². The second kappa shape index (κ2) is 8.54. The number of para-hydroxylation sites is 2. The van der Waals surface area contributed by atoms with Gasteiger partial charge in [0.05, 0.1) is 23.4 Å². The third-order valence-corrected chi connectivity index (χ3v) is 4.90. The van der Waals surface area contributed by atoms with Gasteiger partial charge < -0.3 is 4.74 Å². The molecule has 0 amide bonds. The van der Waals surface area contributed by atoms with Gasteiger partial charge in [0.2, 0.25) is 4.77 Å². The summed E-state index contributed by atoms with van der Waals surface area (Å²) in [6.07, 6.45) is 3.29. The van der Waals surface area contributed by atoms with E-state index in [2.05, 4.69) is 51.2 Å². The molecular formula is C22H22N6OS. The highest BCUT2D eigenvalue weighted by Crippen LogP contribution is 2.28. The monoisotopic (exact) mass is 418 g/mol. The molecule has 4 rings (SSSR count). The molecule has 8 heteroatoms. The summed E-state index contributed by atoms with van der Waals surface area (Å²) in [6.45, 7) is 6.56. The fourth-order valence-electron chi connectivity index (χ4n) is 3.07. The Hall–Kier alpha value is -3.39. The van der Waals surface area contributed by atoms with Crippen LogP contribution in [0.1, 0.15) is 42.4 Å². The van der Waals surface area contributed by atoms with Crippen molar-refractivity contribution in [3.8, 4) is 5.75 Å². The number of hydrogen-bond acceptors (Lipinski definition) is 6. The van der Waals surface area contributed by atoms with Gasteiger partial charge in [0, 0.05) is 0 Å². The van der Waals surface area contributed by atoms with Gasteiger partial charge in [-0.25, -0.2) is 10.1 Å². The lowest BCUT2D eigenvalue weighted by Gasteiger charge is -2.14. The molecule has 0 saturated carbocycles. The lowest BCUT2D eigenvalue weighted by Crippen LogP contribution is -2.06. The number of H-pyrrole nitrogens is 1. The molecule has 0 unspecified atom stereocenters. The molecule has 1 N–H and O–H groups in total. The lowest BCUT2D eigenvalue weighted by atomic mass is 10.0. The fraction of sp³-hybridized carbons (Fsp3) is 0.227. The van der Waals surface area contributed by atoms with Crippen LogP contribution in [0.5, 0.6) is 5.75 Å². The minimum absolute atomic E-state index is 0.233. The number of nitrogens with zero attached hydrogens (tertiary/aromatic N) is 5. The van der Waals surface area contributed by atoms with Gasteiger partial charge in [-0.1, -0.05) is 38.1 Å². The van der Waals surface area contributed by atoms with Crippen LogP contribution < -0.4 is 4.74 Å². The van der Waals surface area contributed by atoms with E-state index in [1.807, 2.05) is 37.3 Å². The first kappa shape index (κ1) is 19.9. The number of ether oxygens (including phenoxy) is 1. The minimum atomic E-state index is 0.233. The Bertz CT molecular complexity index is 1270. The van der Waals surface area contributed by atoms with Crippen LogP contribution in [0.15, 0.2) is 53.8 Å². The molecule has 0 aliphatic rings. The molecule has 2 heterocycles. The van der Waals surface area contributed by atoms with E-state index < -0.39 is 0 Å². The zero-order valence-corrected chi connectivity index (χ0v) is 17.8. The van der Waals surface area contributed by atoms with E-state index in [1.165, 1.54) is 4.68 Å². The number of aryl methyl sites for hydroxylation is 1. The molecule has 30 heavy (non-hydrogen) atoms. The zero-order valence-electron chi connectivity index (χ0n) is 17.0. The van der Waals surface area contributed by atoms with Gasteiger partial charge in [0.1, 0.15) is 18.1 Å². The van der Waals surface area contributed by atoms with Gasteiger partial charge in [-0.05, 0) is 54.4 Å². The first-order valence-corrected chi connectivity index (χ1v) is 10.1. The Kier molecular flexibility index (Phi) is 5.67. The first-order chi connectivity index (χ1) is 14.5. The molecule has 0 fully saturated rings. The van der Waals surface area contributed by atoms with Gasteiger partial charge in [-0.2, -0.15) is 14.9 Å². The molecule has 0 atom stereocenters. The summed E-state index contributed by atoms with van der Waals surface area (Å²) < 4.78 is 8.00. The first-order valence-electron chi connectivity index (χ1n) is 9.67. The molecule has 0 saturated heterocycles. The molecule has 0 aliphatic heterocycles. The average molecular weight is 419 g/mol. The Balaban J connectivity index is 1.57. The van der Waals surface area contributed by atoms with E-state index in [0.29, 0.717) is 22.2 Å². The summed E-state index contributed by atoms with van der Waals surface area (Å²) in [5.74, 6) is 1.77. The number of nitrogens with one attached hydrogen (secondary N) is 1. The molecule has 2 aromatic heterocycles. The van der Waals surface area contributed by atoms with Crippen molar-refractivity contribution < 1.29 is 4.74 Å². The van der Waals surface area contributed by atoms with Crippen LogP contribution in [-0.2, 0) is 6.61 Å². The molecule has 4 aromatic rings. The topological polar surface area (TPSA) is 81.0 Å². The number of fused-ring (bicyclic) bond motifs is 1. The Morgan fingerprint density at radius 2 is 2.00 bits per heavy atom. The van der Waals surface area contributed by atoms with Crippen LogP contribution in [0.4, 0.5) is 0 Å². The maximum absolute atomic E-state index is 6.08. The van der Waals surface area contributed by atoms with Crippen molar-refractivity contribution in [3.05, 3.63) is 76.1 Å². The summed E-state index contributed by atoms with van der Waals surface area (Å²) in [7, 11) is 0. The summed E-state index contributed by atoms with van der Waals surface area (Å²) >= 11 is 5.32. The maximum atomic E-state index is 6.08. The second-order valence-electron chi connectivity index (χ2n) is 7.27. The normalized spacial score (nSPS) is 11.6. The number of aromatic nitrogens is 5. The van der Waals surface area contributed by atoms with Gasteiger partial charge in [0.25, 0.3) is 0 Å². The molecule has 7 nitrogen and oxygen atoms in total. The summed E-state index contributed by atoms with van der Waals surface area (Å²) in [6, 6.07) is 13.9. The quantitative estimate of drug-likeness (QED) is 0.360. The molecule has 0 bridgehead atoms. The molecule has 0 aliphatic carbocycles. The van der Waals surface area contributed by atoms with Crippen LogP contribution in [-0.4, -0.2) is 31.1 Å². The summed E-state index contributed by atoms with van der Waals surface area (Å²) in [5, 5.41) is 11.5. The van der Waals surface area contributed by atoms with E-state index in [4.69, 9.17) is 17.0 Å². The van der Waals surface area contributed by atoms with Crippen LogP contribution in [0.3, 0.4) is 0 Å². The van der Waals surface area contributed by atoms with E-state index in [1.54, 1.807) is 12.4 Å². The van der Waals surface area contributed by atoms with Crippen LogP contribution in [0, 0.1) is 11.7 Å². The summed E-state index contributed by atoms with van der Waals surface area (Å²) in [4.78, 5) is 8.95. The van der Waals surface area contributed by atoms with E-state index in [9.17, 15) is 0 Å². The number of benzene rings is 2. The van der Waals surface area contributed by atoms with Gasteiger partial charge in [0.15, 0.2) is 5.82 Å². The molecule has 0 radical (unpaired) electrons. The fourth-order valence-corrected chi connectivity index (χ4v) is 3.27. The van der Waals surface area contributed by atoms with Gasteiger partial charge in [-0.15, -0.1) is 0 Å². The third-order valence-electron chi connectivity index (χ3n) is 4.64. The number of rotatable bonds is 6. The standard InChI is InChI=1S/C22H22N6OS/c1-14(2)17-9-8-15(3)10-20(17)29-13-21-26-27-22(30)28(21)24-12-16-11-23-18-6-4-5-7-19(18)25-16/h4-12,14H,13H2,1-3H3,(H,27,30)/b24-12-. The largest absolute Gasteiger partial charge is 0.485 e. The van der Waals surface area contributed by atoms with Crippen molar-refractivity contribution in [1.29, 1.82) is 0 Å². The van der Waals surface area contributed by atoms with Gasteiger partial charge in [-0.3, -0.25) is 4.98 Å². The number of aromatic amines is 1. The highest BCUT2D eigenvalue weighted by Gasteiger charge is 2.11. The molecule has 2 aromatic carbocycles. The van der Waals surface area contributed by atoms with Crippen molar-refractivity contribution in [2.75, 3.05) is 0 Å². The lowest BCUT2D eigenvalue weighted by molar-refractivity contribution is 0.286. The Morgan fingerprint density at radius 3 is 2.80 bits per heavy atom. The van der Waals surface area contributed by atoms with Crippen molar-refractivity contribution in [3.63, 3.8) is 0 Å². The van der Waals surface area contributed by atoms with Crippen molar-refractivity contribution >= 4 is 29.5 Å². The van der Waals surface area contributed by atoms with Crippen molar-refractivity contribution in [2.45, 2.75) is 33.3 Å². The molecule has 0 spiro atoms. The second-order valence-corrected chi connectivity index (χ2v) is 7.66. The van der Waals surface area contributed by atoms with Gasteiger partial charge >= 0.3 is 0 Å². The SMILES string of the molecule is Cc1ccc(C(C)C)c(OCc2n[nH]c(=S)n2/N=C\c2cnc3ccccc3n2)c1. The van der Waals surface area contributed by atoms with Crippen molar-refractivity contribution in [2.24, 2.45) is 5.10 Å². The predicted molar refractivity (Wildman–Crippen MR) is 120 cm³/mol. The Labute approximate surface area is 179 Å². The smallest absolute Gasteiger partial charge is 0.216 e. The minimum Gasteiger partial charge on any atom is -0.485 e. The zero-order chi connectivity index (χ0) is 21.1.